The van der Waals surface area contributed by atoms with E-state index in [0.717, 1.165) is 24.4 Å². The highest BCUT2D eigenvalue weighted by Crippen LogP contribution is 2.31. The van der Waals surface area contributed by atoms with Gasteiger partial charge in [0.2, 0.25) is 0 Å². The van der Waals surface area contributed by atoms with E-state index in [0.29, 0.717) is 6.04 Å². The Labute approximate surface area is 127 Å². The predicted molar refractivity (Wildman–Crippen MR) is 82.0 cm³/mol. The fourth-order valence-corrected chi connectivity index (χ4v) is 3.17. The van der Waals surface area contributed by atoms with Crippen molar-refractivity contribution < 1.29 is 14.3 Å². The minimum Gasteiger partial charge on any atom is -0.478 e. The molecular weight excluding hydrogens is 286 g/mol. The summed E-state index contributed by atoms with van der Waals surface area (Å²) in [6, 6.07) is 6.63. The van der Waals surface area contributed by atoms with Crippen LogP contribution < -0.4 is 0 Å². The van der Waals surface area contributed by atoms with Crippen molar-refractivity contribution >= 4 is 23.4 Å². The fraction of sp³-hybridized carbons (Fsp3) is 0.312. The zero-order valence-corrected chi connectivity index (χ0v) is 12.4. The van der Waals surface area contributed by atoms with Gasteiger partial charge in [0.05, 0.1) is 12.8 Å². The van der Waals surface area contributed by atoms with Crippen molar-refractivity contribution in [1.29, 1.82) is 0 Å². The van der Waals surface area contributed by atoms with Crippen molar-refractivity contribution in [3.8, 4) is 0 Å². The zero-order valence-electron chi connectivity index (χ0n) is 11.6. The van der Waals surface area contributed by atoms with E-state index in [1.165, 1.54) is 23.8 Å². The van der Waals surface area contributed by atoms with E-state index in [9.17, 15) is 4.79 Å². The Morgan fingerprint density at radius 3 is 3.00 bits per heavy atom. The third kappa shape index (κ3) is 4.06. The van der Waals surface area contributed by atoms with Gasteiger partial charge in [-0.2, -0.15) is 0 Å². The molecule has 0 saturated heterocycles. The highest BCUT2D eigenvalue weighted by molar-refractivity contribution is 7.10. The summed E-state index contributed by atoms with van der Waals surface area (Å²) in [5.41, 5.74) is 0.950. The van der Waals surface area contributed by atoms with Gasteiger partial charge in [0.15, 0.2) is 0 Å². The molecule has 4 nitrogen and oxygen atoms in total. The summed E-state index contributed by atoms with van der Waals surface area (Å²) in [5.74, 6) is 0.0737. The summed E-state index contributed by atoms with van der Waals surface area (Å²) in [7, 11) is 0. The van der Waals surface area contributed by atoms with E-state index in [1.807, 2.05) is 17.5 Å². The molecule has 21 heavy (non-hydrogen) atoms. The summed E-state index contributed by atoms with van der Waals surface area (Å²) >= 11 is 1.67. The molecule has 0 amide bonds. The van der Waals surface area contributed by atoms with Gasteiger partial charge in [0, 0.05) is 23.5 Å². The van der Waals surface area contributed by atoms with Gasteiger partial charge in [-0.3, -0.25) is 4.90 Å². The van der Waals surface area contributed by atoms with Crippen LogP contribution in [0.4, 0.5) is 0 Å². The zero-order chi connectivity index (χ0) is 14.7. The van der Waals surface area contributed by atoms with Crippen LogP contribution in [-0.4, -0.2) is 22.0 Å². The van der Waals surface area contributed by atoms with Gasteiger partial charge in [0.25, 0.3) is 0 Å². The van der Waals surface area contributed by atoms with Crippen LogP contribution in [-0.2, 0) is 17.9 Å². The first-order valence-electron chi connectivity index (χ1n) is 6.95. The average molecular weight is 303 g/mol. The summed E-state index contributed by atoms with van der Waals surface area (Å²) in [6.45, 7) is 1.72. The van der Waals surface area contributed by atoms with Crippen LogP contribution in [0.1, 0.15) is 29.0 Å². The molecule has 0 aromatic carbocycles. The van der Waals surface area contributed by atoms with Crippen molar-refractivity contribution in [2.45, 2.75) is 32.0 Å². The number of thiophene rings is 1. The Hall–Kier alpha value is -1.85. The van der Waals surface area contributed by atoms with Crippen molar-refractivity contribution in [2.75, 3.05) is 0 Å². The van der Waals surface area contributed by atoms with E-state index in [4.69, 9.17) is 9.52 Å². The Morgan fingerprint density at radius 2 is 2.33 bits per heavy atom. The van der Waals surface area contributed by atoms with Gasteiger partial charge in [-0.1, -0.05) is 0 Å². The molecule has 0 unspecified atom stereocenters. The standard InChI is InChI=1S/C16H17NO3S/c18-16(19)6-3-12-8-15(21-11-12)10-17(13-4-5-13)9-14-2-1-7-20-14/h1-3,6-8,11,13H,4-5,9-10H2,(H,18,19). The number of aliphatic carboxylic acids is 1. The first kappa shape index (κ1) is 14.1. The topological polar surface area (TPSA) is 53.7 Å². The number of carboxylic acid groups (broad SMARTS) is 1. The highest BCUT2D eigenvalue weighted by Gasteiger charge is 2.29. The number of hydrogen-bond donors (Lipinski definition) is 1. The number of carboxylic acids is 1. The lowest BCUT2D eigenvalue weighted by molar-refractivity contribution is -0.131. The van der Waals surface area contributed by atoms with Gasteiger partial charge in [-0.05, 0) is 48.1 Å². The van der Waals surface area contributed by atoms with E-state index >= 15 is 0 Å². The molecule has 2 aromatic rings. The maximum absolute atomic E-state index is 10.5. The third-order valence-electron chi connectivity index (χ3n) is 3.45. The maximum atomic E-state index is 10.5. The van der Waals surface area contributed by atoms with Gasteiger partial charge >= 0.3 is 5.97 Å². The molecule has 1 aliphatic rings. The van der Waals surface area contributed by atoms with Crippen LogP contribution in [0.15, 0.2) is 40.3 Å². The second kappa shape index (κ2) is 6.28. The molecule has 1 N–H and O–H groups in total. The van der Waals surface area contributed by atoms with E-state index in [1.54, 1.807) is 23.7 Å². The average Bonchev–Trinajstić information content (AvgIpc) is 2.99. The quantitative estimate of drug-likeness (QED) is 0.794. The van der Waals surface area contributed by atoms with E-state index in [2.05, 4.69) is 11.0 Å². The second-order valence-electron chi connectivity index (χ2n) is 5.23. The molecule has 0 spiro atoms. The van der Waals surface area contributed by atoms with Crippen LogP contribution in [0, 0.1) is 0 Å². The van der Waals surface area contributed by atoms with Crippen LogP contribution in [0.3, 0.4) is 0 Å². The first-order chi connectivity index (χ1) is 10.2. The van der Waals surface area contributed by atoms with Crippen molar-refractivity contribution in [2.24, 2.45) is 0 Å². The molecule has 2 heterocycles. The third-order valence-corrected chi connectivity index (χ3v) is 4.39. The van der Waals surface area contributed by atoms with Crippen LogP contribution in [0.2, 0.25) is 0 Å². The Kier molecular flexibility index (Phi) is 4.22. The fourth-order valence-electron chi connectivity index (χ4n) is 2.29. The van der Waals surface area contributed by atoms with Crippen molar-refractivity contribution in [3.63, 3.8) is 0 Å². The second-order valence-corrected chi connectivity index (χ2v) is 6.23. The molecule has 0 aliphatic heterocycles. The molecule has 1 fully saturated rings. The predicted octanol–water partition coefficient (Wildman–Crippen LogP) is 3.60. The monoisotopic (exact) mass is 303 g/mol. The SMILES string of the molecule is O=C(O)C=Cc1csc(CN(Cc2ccco2)C2CC2)c1. The summed E-state index contributed by atoms with van der Waals surface area (Å²) in [4.78, 5) is 14.2. The molecule has 5 heteroatoms. The molecule has 1 aliphatic carbocycles. The van der Waals surface area contributed by atoms with Gasteiger partial charge in [-0.25, -0.2) is 4.79 Å². The Balaban J connectivity index is 1.64. The number of hydrogen-bond acceptors (Lipinski definition) is 4. The molecule has 0 bridgehead atoms. The number of carbonyl (C=O) groups is 1. The van der Waals surface area contributed by atoms with Gasteiger partial charge < -0.3 is 9.52 Å². The van der Waals surface area contributed by atoms with Crippen molar-refractivity contribution in [3.05, 3.63) is 52.1 Å². The van der Waals surface area contributed by atoms with Gasteiger partial charge in [0.1, 0.15) is 5.76 Å². The molecule has 2 aromatic heterocycles. The molecule has 1 saturated carbocycles. The minimum absolute atomic E-state index is 0.648. The smallest absolute Gasteiger partial charge is 0.328 e. The van der Waals surface area contributed by atoms with Crippen LogP contribution in [0.5, 0.6) is 0 Å². The van der Waals surface area contributed by atoms with Crippen LogP contribution in [0.25, 0.3) is 6.08 Å². The summed E-state index contributed by atoms with van der Waals surface area (Å²) < 4.78 is 5.44. The Morgan fingerprint density at radius 1 is 1.48 bits per heavy atom. The normalized spacial score (nSPS) is 15.1. The van der Waals surface area contributed by atoms with E-state index in [-0.39, 0.29) is 0 Å². The maximum Gasteiger partial charge on any atom is 0.328 e. The van der Waals surface area contributed by atoms with Crippen LogP contribution >= 0.6 is 11.3 Å². The van der Waals surface area contributed by atoms with E-state index < -0.39 is 5.97 Å². The Bertz CT molecular complexity index is 626. The highest BCUT2D eigenvalue weighted by atomic mass is 32.1. The van der Waals surface area contributed by atoms with Gasteiger partial charge in [-0.15, -0.1) is 11.3 Å². The molecule has 110 valence electrons. The lowest BCUT2D eigenvalue weighted by Crippen LogP contribution is -2.24. The number of rotatable bonds is 7. The number of nitrogens with zero attached hydrogens (tertiary/aromatic N) is 1. The first-order valence-corrected chi connectivity index (χ1v) is 7.83. The largest absolute Gasteiger partial charge is 0.478 e. The summed E-state index contributed by atoms with van der Waals surface area (Å²) in [5, 5.41) is 10.6. The lowest BCUT2D eigenvalue weighted by atomic mass is 10.2. The van der Waals surface area contributed by atoms with Crippen molar-refractivity contribution in [1.82, 2.24) is 4.90 Å². The minimum atomic E-state index is -0.917. The lowest BCUT2D eigenvalue weighted by Gasteiger charge is -2.19. The molecule has 0 radical (unpaired) electrons. The molecule has 0 atom stereocenters. The molecule has 3 rings (SSSR count). The summed E-state index contributed by atoms with van der Waals surface area (Å²) in [6.07, 6.45) is 7.01. The molecular formula is C16H17NO3S. The number of furan rings is 1.